The minimum Gasteiger partial charge on any atom is -0.506 e. The molecular formula is C20H16O4. The zero-order valence-electron chi connectivity index (χ0n) is 13.2. The molecule has 4 heteroatoms. The molecule has 0 aliphatic carbocycles. The first-order chi connectivity index (χ1) is 11.8. The van der Waals surface area contributed by atoms with Crippen molar-refractivity contribution in [2.45, 2.75) is 0 Å². The Bertz CT molecular complexity index is 873. The molecule has 0 atom stereocenters. The van der Waals surface area contributed by atoms with E-state index in [-0.39, 0.29) is 12.5 Å². The Kier molecular flexibility index (Phi) is 3.50. The third-order valence-electron chi connectivity index (χ3n) is 4.08. The van der Waals surface area contributed by atoms with Crippen molar-refractivity contribution in [1.29, 1.82) is 0 Å². The molecule has 0 saturated carbocycles. The second-order valence-electron chi connectivity index (χ2n) is 5.43. The number of hydrogen-bond donors (Lipinski definition) is 1. The van der Waals surface area contributed by atoms with Crippen LogP contribution in [0, 0.1) is 0 Å². The SMILES string of the molecule is COc1c2c(c(-c3ccccc3)c(O)c1-c1ccccc1)OCO2. The van der Waals surface area contributed by atoms with Gasteiger partial charge in [0.25, 0.3) is 0 Å². The fourth-order valence-corrected chi connectivity index (χ4v) is 3.03. The lowest BCUT2D eigenvalue weighted by Gasteiger charge is -2.17. The Labute approximate surface area is 139 Å². The predicted octanol–water partition coefficient (Wildman–Crippen LogP) is 4.46. The van der Waals surface area contributed by atoms with Crippen LogP contribution in [0.15, 0.2) is 60.7 Å². The molecule has 0 unspecified atom stereocenters. The van der Waals surface area contributed by atoms with Crippen molar-refractivity contribution in [3.63, 3.8) is 0 Å². The number of benzene rings is 3. The molecule has 0 saturated heterocycles. The average Bonchev–Trinajstić information content (AvgIpc) is 3.11. The third-order valence-corrected chi connectivity index (χ3v) is 4.08. The fraction of sp³-hybridized carbons (Fsp3) is 0.100. The average molecular weight is 320 g/mol. The molecule has 3 aromatic carbocycles. The van der Waals surface area contributed by atoms with E-state index in [1.807, 2.05) is 60.7 Å². The van der Waals surface area contributed by atoms with Gasteiger partial charge < -0.3 is 19.3 Å². The van der Waals surface area contributed by atoms with Crippen molar-refractivity contribution in [1.82, 2.24) is 0 Å². The number of hydrogen-bond acceptors (Lipinski definition) is 4. The van der Waals surface area contributed by atoms with E-state index >= 15 is 0 Å². The maximum atomic E-state index is 11.1. The summed E-state index contributed by atoms with van der Waals surface area (Å²) in [6, 6.07) is 19.2. The summed E-state index contributed by atoms with van der Waals surface area (Å²) < 4.78 is 16.8. The molecule has 1 N–H and O–H groups in total. The fourth-order valence-electron chi connectivity index (χ4n) is 3.03. The van der Waals surface area contributed by atoms with Gasteiger partial charge in [0.15, 0.2) is 11.5 Å². The number of phenolic OH excluding ortho intramolecular Hbond substituents is 1. The highest BCUT2D eigenvalue weighted by molar-refractivity contribution is 5.93. The van der Waals surface area contributed by atoms with E-state index in [1.165, 1.54) is 0 Å². The van der Waals surface area contributed by atoms with Crippen LogP contribution >= 0.6 is 0 Å². The topological polar surface area (TPSA) is 47.9 Å². The predicted molar refractivity (Wildman–Crippen MR) is 91.7 cm³/mol. The van der Waals surface area contributed by atoms with E-state index in [1.54, 1.807) is 7.11 Å². The van der Waals surface area contributed by atoms with E-state index < -0.39 is 0 Å². The number of fused-ring (bicyclic) bond motifs is 1. The molecular weight excluding hydrogens is 304 g/mol. The Morgan fingerprint density at radius 1 is 0.792 bits per heavy atom. The maximum Gasteiger partial charge on any atom is 0.231 e. The van der Waals surface area contributed by atoms with Gasteiger partial charge in [-0.15, -0.1) is 0 Å². The van der Waals surface area contributed by atoms with Crippen LogP contribution in [0.5, 0.6) is 23.0 Å². The summed E-state index contributed by atoms with van der Waals surface area (Å²) in [5.41, 5.74) is 2.92. The van der Waals surface area contributed by atoms with Crippen molar-refractivity contribution in [3.05, 3.63) is 60.7 Å². The van der Waals surface area contributed by atoms with Crippen molar-refractivity contribution in [2.75, 3.05) is 13.9 Å². The van der Waals surface area contributed by atoms with Crippen LogP contribution in [0.25, 0.3) is 22.3 Å². The van der Waals surface area contributed by atoms with Gasteiger partial charge in [0, 0.05) is 0 Å². The number of rotatable bonds is 3. The first kappa shape index (κ1) is 14.5. The van der Waals surface area contributed by atoms with Gasteiger partial charge in [-0.3, -0.25) is 0 Å². The monoisotopic (exact) mass is 320 g/mol. The van der Waals surface area contributed by atoms with Gasteiger partial charge in [0.2, 0.25) is 12.5 Å². The van der Waals surface area contributed by atoms with Gasteiger partial charge in [-0.1, -0.05) is 60.7 Å². The smallest absolute Gasteiger partial charge is 0.231 e. The Balaban J connectivity index is 2.08. The highest BCUT2D eigenvalue weighted by Gasteiger charge is 2.31. The Hall–Kier alpha value is -3.14. The molecule has 1 aliphatic rings. The van der Waals surface area contributed by atoms with Gasteiger partial charge in [-0.05, 0) is 11.1 Å². The van der Waals surface area contributed by atoms with Crippen LogP contribution in [0.3, 0.4) is 0 Å². The highest BCUT2D eigenvalue weighted by atomic mass is 16.7. The van der Waals surface area contributed by atoms with Gasteiger partial charge in [-0.2, -0.15) is 0 Å². The molecule has 24 heavy (non-hydrogen) atoms. The summed E-state index contributed by atoms with van der Waals surface area (Å²) >= 11 is 0. The first-order valence-electron chi connectivity index (χ1n) is 7.64. The van der Waals surface area contributed by atoms with Gasteiger partial charge in [0.1, 0.15) is 5.75 Å². The van der Waals surface area contributed by atoms with E-state index in [0.29, 0.717) is 28.4 Å². The number of phenols is 1. The quantitative estimate of drug-likeness (QED) is 0.774. The lowest BCUT2D eigenvalue weighted by Crippen LogP contribution is -1.94. The molecule has 1 aliphatic heterocycles. The zero-order valence-corrected chi connectivity index (χ0v) is 13.2. The summed E-state index contributed by atoms with van der Waals surface area (Å²) in [6.45, 7) is 0.100. The van der Waals surface area contributed by atoms with Crippen LogP contribution in [0.4, 0.5) is 0 Å². The molecule has 1 heterocycles. The second kappa shape index (κ2) is 5.81. The number of ether oxygens (including phenoxy) is 3. The van der Waals surface area contributed by atoms with Crippen molar-refractivity contribution in [2.24, 2.45) is 0 Å². The van der Waals surface area contributed by atoms with Crippen LogP contribution in [-0.2, 0) is 0 Å². The minimum absolute atomic E-state index is 0.100. The largest absolute Gasteiger partial charge is 0.506 e. The molecule has 0 bridgehead atoms. The van der Waals surface area contributed by atoms with E-state index in [9.17, 15) is 5.11 Å². The van der Waals surface area contributed by atoms with Crippen molar-refractivity contribution >= 4 is 0 Å². The summed E-state index contributed by atoms with van der Waals surface area (Å²) in [4.78, 5) is 0. The van der Waals surface area contributed by atoms with E-state index in [2.05, 4.69) is 0 Å². The Morgan fingerprint density at radius 2 is 1.33 bits per heavy atom. The summed E-state index contributed by atoms with van der Waals surface area (Å²) in [5.74, 6) is 1.63. The van der Waals surface area contributed by atoms with E-state index in [0.717, 1.165) is 11.1 Å². The third kappa shape index (κ3) is 2.15. The zero-order chi connectivity index (χ0) is 16.5. The molecule has 0 spiro atoms. The molecule has 4 rings (SSSR count). The lowest BCUT2D eigenvalue weighted by molar-refractivity contribution is 0.171. The Morgan fingerprint density at radius 3 is 1.92 bits per heavy atom. The van der Waals surface area contributed by atoms with Gasteiger partial charge >= 0.3 is 0 Å². The lowest BCUT2D eigenvalue weighted by atomic mass is 9.94. The van der Waals surface area contributed by atoms with Crippen LogP contribution in [0.1, 0.15) is 0 Å². The van der Waals surface area contributed by atoms with Gasteiger partial charge in [-0.25, -0.2) is 0 Å². The summed E-state index contributed by atoms with van der Waals surface area (Å²) in [7, 11) is 1.56. The molecule has 3 aromatic rings. The second-order valence-corrected chi connectivity index (χ2v) is 5.43. The number of aromatic hydroxyl groups is 1. The summed E-state index contributed by atoms with van der Waals surface area (Å²) in [5, 5.41) is 11.1. The summed E-state index contributed by atoms with van der Waals surface area (Å²) in [6.07, 6.45) is 0. The molecule has 0 aromatic heterocycles. The van der Waals surface area contributed by atoms with Crippen molar-refractivity contribution < 1.29 is 19.3 Å². The van der Waals surface area contributed by atoms with Crippen LogP contribution in [0.2, 0.25) is 0 Å². The van der Waals surface area contributed by atoms with Crippen LogP contribution in [-0.4, -0.2) is 19.0 Å². The van der Waals surface area contributed by atoms with E-state index in [4.69, 9.17) is 14.2 Å². The first-order valence-corrected chi connectivity index (χ1v) is 7.64. The normalized spacial score (nSPS) is 12.2. The molecule has 0 radical (unpaired) electrons. The maximum absolute atomic E-state index is 11.1. The molecule has 0 amide bonds. The van der Waals surface area contributed by atoms with Gasteiger partial charge in [0.05, 0.1) is 18.2 Å². The molecule has 0 fully saturated rings. The molecule has 120 valence electrons. The highest BCUT2D eigenvalue weighted by Crippen LogP contribution is 2.57. The van der Waals surface area contributed by atoms with Crippen LogP contribution < -0.4 is 14.2 Å². The molecule has 4 nitrogen and oxygen atoms in total. The van der Waals surface area contributed by atoms with Crippen molar-refractivity contribution in [3.8, 4) is 45.3 Å². The number of methoxy groups -OCH3 is 1. The minimum atomic E-state index is 0.100. The standard InChI is InChI=1S/C20H16O4/c1-22-18-15(13-8-4-2-5-9-13)17(21)16(14-10-6-3-7-11-14)19-20(18)24-12-23-19/h2-11,21H,12H2,1H3.